The normalized spacial score (nSPS) is 11.5. The van der Waals surface area contributed by atoms with E-state index in [1.54, 1.807) is 12.4 Å². The molecular formula is C40H29Cl3N10O2S. The van der Waals surface area contributed by atoms with Gasteiger partial charge in [-0.2, -0.15) is 0 Å². The predicted molar refractivity (Wildman–Crippen MR) is 222 cm³/mol. The molecule has 4 aromatic carbocycles. The number of hydrogen-bond acceptors (Lipinski definition) is 10. The summed E-state index contributed by atoms with van der Waals surface area (Å²) < 4.78 is 13.2. The van der Waals surface area contributed by atoms with E-state index >= 15 is 0 Å². The van der Waals surface area contributed by atoms with E-state index < -0.39 is 9.23 Å². The maximum absolute atomic E-state index is 9.28. The second-order valence-electron chi connectivity index (χ2n) is 12.3. The van der Waals surface area contributed by atoms with Gasteiger partial charge in [0.1, 0.15) is 0 Å². The number of halogens is 3. The number of hydrogen-bond donors (Lipinski definition) is 3. The first-order valence-electron chi connectivity index (χ1n) is 17.1. The van der Waals surface area contributed by atoms with Gasteiger partial charge in [-0.1, -0.05) is 72.8 Å². The molecule has 0 saturated carbocycles. The number of aliphatic hydroxyl groups excluding tert-OH is 1. The van der Waals surface area contributed by atoms with Crippen molar-refractivity contribution in [3.8, 4) is 56.9 Å². The SMILES string of the molecule is ClCc1ccc(-c2nnc3n2-c2cccnc2Nc2ccccc2-3)cc1.O=S(Cl)Cl.OCc1ccc(-c2nnc3n2-c2cccnc2Nc2ccccc2-3)cc1. The molecule has 0 unspecified atom stereocenters. The van der Waals surface area contributed by atoms with E-state index in [4.69, 9.17) is 15.8 Å². The van der Waals surface area contributed by atoms with Crippen LogP contribution in [0.15, 0.2) is 134 Å². The molecule has 0 radical (unpaired) electrons. The van der Waals surface area contributed by atoms with Crippen LogP contribution in [0, 0.1) is 0 Å². The van der Waals surface area contributed by atoms with Crippen LogP contribution in [0.25, 0.3) is 56.9 Å². The second-order valence-corrected chi connectivity index (χ2v) is 15.1. The number of para-hydroxylation sites is 2. The van der Waals surface area contributed by atoms with Gasteiger partial charge in [0.15, 0.2) is 34.9 Å². The summed E-state index contributed by atoms with van der Waals surface area (Å²) in [5, 5.41) is 34.0. The van der Waals surface area contributed by atoms with Gasteiger partial charge in [0.25, 0.3) is 0 Å². The Morgan fingerprint density at radius 1 is 0.554 bits per heavy atom. The zero-order chi connectivity index (χ0) is 38.6. The van der Waals surface area contributed by atoms with Gasteiger partial charge in [-0.05, 0) is 59.7 Å². The molecule has 278 valence electrons. The van der Waals surface area contributed by atoms with Crippen LogP contribution in [0.5, 0.6) is 0 Å². The lowest BCUT2D eigenvalue weighted by Crippen LogP contribution is -2.02. The third-order valence-electron chi connectivity index (χ3n) is 8.98. The summed E-state index contributed by atoms with van der Waals surface area (Å²) in [6.45, 7) is 0.0161. The fourth-order valence-electron chi connectivity index (χ4n) is 6.43. The van der Waals surface area contributed by atoms with Crippen molar-refractivity contribution in [3.05, 3.63) is 145 Å². The van der Waals surface area contributed by atoms with E-state index in [1.165, 1.54) is 0 Å². The standard InChI is InChI=1S/C20H14ClN5.C20H15N5O.Cl2OS/c21-12-13-7-9-14(10-8-13)19-24-25-20-15-4-1-2-5-16(15)23-18-17(26(19)20)6-3-11-22-18;26-12-13-7-9-14(10-8-13)19-23-24-20-15-4-1-2-5-16(15)22-18-17(25(19)20)6-3-11-21-18;1-4(2)3/h1-11H,12H2,(H,22,23);1-11,26H,12H2,(H,21,22);. The Labute approximate surface area is 337 Å². The fourth-order valence-corrected chi connectivity index (χ4v) is 6.60. The Morgan fingerprint density at radius 3 is 1.39 bits per heavy atom. The molecule has 0 fully saturated rings. The molecule has 0 aliphatic carbocycles. The smallest absolute Gasteiger partial charge is 0.211 e. The topological polar surface area (TPSA) is 149 Å². The Balaban J connectivity index is 0.000000144. The van der Waals surface area contributed by atoms with Gasteiger partial charge in [0.2, 0.25) is 9.23 Å². The second kappa shape index (κ2) is 16.4. The molecule has 12 nitrogen and oxygen atoms in total. The largest absolute Gasteiger partial charge is 0.392 e. The molecule has 8 aromatic rings. The molecule has 0 spiro atoms. The molecule has 0 bridgehead atoms. The number of rotatable bonds is 4. The fraction of sp³-hybridized carbons (Fsp3) is 0.0500. The molecule has 2 aliphatic rings. The van der Waals surface area contributed by atoms with E-state index in [0.717, 1.165) is 91.1 Å². The summed E-state index contributed by atoms with van der Waals surface area (Å²) in [4.78, 5) is 9.01. The number of benzene rings is 4. The molecule has 56 heavy (non-hydrogen) atoms. The number of aliphatic hydroxyl groups is 1. The summed E-state index contributed by atoms with van der Waals surface area (Å²) in [5.41, 5.74) is 9.51. The summed E-state index contributed by atoms with van der Waals surface area (Å²) in [7, 11) is 7.36. The molecule has 2 aliphatic heterocycles. The van der Waals surface area contributed by atoms with Crippen molar-refractivity contribution in [1.29, 1.82) is 0 Å². The van der Waals surface area contributed by atoms with Crippen molar-refractivity contribution in [2.45, 2.75) is 12.5 Å². The van der Waals surface area contributed by atoms with Crippen LogP contribution < -0.4 is 10.6 Å². The highest BCUT2D eigenvalue weighted by Crippen LogP contribution is 2.40. The molecule has 0 atom stereocenters. The number of nitrogens with zero attached hydrogens (tertiary/aromatic N) is 8. The highest BCUT2D eigenvalue weighted by Gasteiger charge is 2.26. The lowest BCUT2D eigenvalue weighted by molar-refractivity contribution is 0.282. The van der Waals surface area contributed by atoms with Gasteiger partial charge in [0, 0.05) is 61.9 Å². The maximum atomic E-state index is 9.28. The molecule has 0 saturated heterocycles. The van der Waals surface area contributed by atoms with Gasteiger partial charge in [0.05, 0.1) is 29.4 Å². The van der Waals surface area contributed by atoms with Crippen molar-refractivity contribution >= 4 is 65.2 Å². The summed E-state index contributed by atoms with van der Waals surface area (Å²) in [6.07, 6.45) is 3.54. The van der Waals surface area contributed by atoms with Gasteiger partial charge < -0.3 is 15.7 Å². The minimum Gasteiger partial charge on any atom is -0.392 e. The first kappa shape index (κ1) is 37.0. The van der Waals surface area contributed by atoms with Crippen LogP contribution >= 0.6 is 33.0 Å². The van der Waals surface area contributed by atoms with Crippen molar-refractivity contribution in [3.63, 3.8) is 0 Å². The van der Waals surface area contributed by atoms with Gasteiger partial charge in [-0.25, -0.2) is 14.2 Å². The average Bonchev–Trinajstić information content (AvgIpc) is 3.81. The van der Waals surface area contributed by atoms with Gasteiger partial charge >= 0.3 is 0 Å². The van der Waals surface area contributed by atoms with Gasteiger partial charge in [-0.3, -0.25) is 9.13 Å². The Kier molecular flexibility index (Phi) is 10.8. The maximum Gasteiger partial charge on any atom is 0.211 e. The van der Waals surface area contributed by atoms with Crippen molar-refractivity contribution in [2.75, 3.05) is 10.6 Å². The zero-order valence-corrected chi connectivity index (χ0v) is 32.2. The highest BCUT2D eigenvalue weighted by atomic mass is 36.0. The van der Waals surface area contributed by atoms with E-state index in [2.05, 4.69) is 66.9 Å². The van der Waals surface area contributed by atoms with Crippen LogP contribution in [-0.2, 0) is 21.7 Å². The highest BCUT2D eigenvalue weighted by molar-refractivity contribution is 8.26. The Hall–Kier alpha value is -5.96. The molecule has 16 heteroatoms. The molecule has 3 N–H and O–H groups in total. The summed E-state index contributed by atoms with van der Waals surface area (Å²) >= 11 is 5.91. The number of alkyl halides is 1. The lowest BCUT2D eigenvalue weighted by Gasteiger charge is -2.11. The minimum atomic E-state index is -1.67. The molecule has 4 aromatic heterocycles. The monoisotopic (exact) mass is 818 g/mol. The van der Waals surface area contributed by atoms with Crippen LogP contribution in [0.3, 0.4) is 0 Å². The van der Waals surface area contributed by atoms with Crippen LogP contribution in [-0.4, -0.2) is 48.8 Å². The van der Waals surface area contributed by atoms with Crippen molar-refractivity contribution in [1.82, 2.24) is 39.5 Å². The summed E-state index contributed by atoms with van der Waals surface area (Å²) in [6, 6.07) is 39.6. The first-order chi connectivity index (χ1) is 27.4. The Morgan fingerprint density at radius 2 is 0.964 bits per heavy atom. The number of pyridine rings is 2. The van der Waals surface area contributed by atoms with Crippen LogP contribution in [0.4, 0.5) is 23.0 Å². The number of aromatic nitrogens is 8. The molecule has 10 rings (SSSR count). The van der Waals surface area contributed by atoms with Gasteiger partial charge in [-0.15, -0.1) is 32.0 Å². The van der Waals surface area contributed by atoms with Crippen LogP contribution in [0.2, 0.25) is 0 Å². The predicted octanol–water partition coefficient (Wildman–Crippen LogP) is 9.38. The number of nitrogens with one attached hydrogen (secondary N) is 2. The molecule has 0 amide bonds. The summed E-state index contributed by atoms with van der Waals surface area (Å²) in [5.74, 6) is 5.08. The van der Waals surface area contributed by atoms with Crippen molar-refractivity contribution in [2.24, 2.45) is 0 Å². The van der Waals surface area contributed by atoms with E-state index in [-0.39, 0.29) is 6.61 Å². The van der Waals surface area contributed by atoms with Crippen LogP contribution in [0.1, 0.15) is 11.1 Å². The molecule has 6 heterocycles. The quantitative estimate of drug-likeness (QED) is 0.116. The Bertz CT molecular complexity index is 2500. The third-order valence-corrected chi connectivity index (χ3v) is 9.29. The average molecular weight is 820 g/mol. The minimum absolute atomic E-state index is 0.0161. The van der Waals surface area contributed by atoms with E-state index in [9.17, 15) is 5.11 Å². The zero-order valence-electron chi connectivity index (χ0n) is 29.1. The third kappa shape index (κ3) is 7.38. The lowest BCUT2D eigenvalue weighted by atomic mass is 10.1. The first-order valence-corrected chi connectivity index (χ1v) is 20.4. The number of fused-ring (bicyclic) bond motifs is 10. The number of anilines is 4. The van der Waals surface area contributed by atoms with Crippen molar-refractivity contribution < 1.29 is 9.32 Å². The van der Waals surface area contributed by atoms with E-state index in [1.807, 2.05) is 126 Å². The van der Waals surface area contributed by atoms with E-state index in [0.29, 0.717) is 5.88 Å². The molecular weight excluding hydrogens is 791 g/mol.